The summed E-state index contributed by atoms with van der Waals surface area (Å²) in [6, 6.07) is 8.05. The lowest BCUT2D eigenvalue weighted by molar-refractivity contribution is 1.27. The zero-order valence-electron chi connectivity index (χ0n) is 8.97. The van der Waals surface area contributed by atoms with Crippen molar-refractivity contribution in [2.24, 2.45) is 0 Å². The van der Waals surface area contributed by atoms with Gasteiger partial charge in [0, 0.05) is 20.8 Å². The Morgan fingerprint density at radius 1 is 1.06 bits per heavy atom. The Labute approximate surface area is 125 Å². The van der Waals surface area contributed by atoms with Crippen LogP contribution in [-0.4, -0.2) is 4.98 Å². The van der Waals surface area contributed by atoms with Gasteiger partial charge in [-0.25, -0.2) is 4.98 Å². The Morgan fingerprint density at radius 3 is 2.47 bits per heavy atom. The van der Waals surface area contributed by atoms with Crippen LogP contribution in [-0.2, 0) is 0 Å². The third-order valence-corrected chi connectivity index (χ3v) is 4.16. The molecule has 0 atom stereocenters. The highest BCUT2D eigenvalue weighted by Gasteiger charge is 2.03. The Balaban J connectivity index is 2.28. The molecule has 1 aromatic carbocycles. The molecule has 2 rings (SSSR count). The van der Waals surface area contributed by atoms with E-state index in [2.05, 4.69) is 71.1 Å². The molecule has 1 aromatic heterocycles. The smallest absolute Gasteiger partial charge is 0.144 e. The summed E-state index contributed by atoms with van der Waals surface area (Å²) in [7, 11) is 0. The summed E-state index contributed by atoms with van der Waals surface area (Å²) in [6.45, 7) is 2.05. The molecule has 0 radical (unpaired) electrons. The minimum atomic E-state index is 0.801. The monoisotopic (exact) mass is 418 g/mol. The Bertz CT molecular complexity index is 555. The van der Waals surface area contributed by atoms with E-state index in [0.29, 0.717) is 0 Å². The van der Waals surface area contributed by atoms with Crippen LogP contribution in [0, 0.1) is 6.92 Å². The van der Waals surface area contributed by atoms with Crippen molar-refractivity contribution < 1.29 is 0 Å². The Kier molecular flexibility index (Phi) is 4.22. The molecule has 0 amide bonds. The highest BCUT2D eigenvalue weighted by molar-refractivity contribution is 9.11. The maximum Gasteiger partial charge on any atom is 0.144 e. The number of benzene rings is 1. The lowest BCUT2D eigenvalue weighted by Crippen LogP contribution is -1.95. The van der Waals surface area contributed by atoms with E-state index >= 15 is 0 Å². The van der Waals surface area contributed by atoms with E-state index in [-0.39, 0.29) is 0 Å². The molecule has 0 aliphatic rings. The number of aromatic nitrogens is 1. The van der Waals surface area contributed by atoms with Gasteiger partial charge in [0.05, 0.1) is 4.47 Å². The average molecular weight is 421 g/mol. The second kappa shape index (κ2) is 5.50. The number of nitrogens with zero attached hydrogens (tertiary/aromatic N) is 1. The fourth-order valence-electron chi connectivity index (χ4n) is 1.37. The number of nitrogens with one attached hydrogen (secondary N) is 1. The van der Waals surface area contributed by atoms with Gasteiger partial charge in [-0.1, -0.05) is 15.9 Å². The zero-order valence-corrected chi connectivity index (χ0v) is 13.7. The molecule has 0 fully saturated rings. The maximum atomic E-state index is 4.31. The highest BCUT2D eigenvalue weighted by atomic mass is 79.9. The normalized spacial score (nSPS) is 10.4. The molecule has 0 aliphatic carbocycles. The van der Waals surface area contributed by atoms with Gasteiger partial charge in [0.25, 0.3) is 0 Å². The lowest BCUT2D eigenvalue weighted by atomic mass is 10.2. The van der Waals surface area contributed by atoms with E-state index in [0.717, 1.165) is 24.9 Å². The van der Waals surface area contributed by atoms with Gasteiger partial charge in [-0.15, -0.1) is 0 Å². The van der Waals surface area contributed by atoms with E-state index in [1.165, 1.54) is 5.56 Å². The van der Waals surface area contributed by atoms with E-state index in [1.54, 1.807) is 6.20 Å². The molecule has 1 heterocycles. The predicted octanol–water partition coefficient (Wildman–Crippen LogP) is 5.42. The van der Waals surface area contributed by atoms with Crippen molar-refractivity contribution in [2.45, 2.75) is 6.92 Å². The number of halogens is 3. The highest BCUT2D eigenvalue weighted by Crippen LogP contribution is 2.28. The standard InChI is InChI=1S/C12H9Br3N2/c1-7-4-9(2-3-10(7)14)17-12-11(15)5-8(13)6-16-12/h2-6H,1H3,(H,16,17). The van der Waals surface area contributed by atoms with Crippen LogP contribution in [0.5, 0.6) is 0 Å². The number of aryl methyl sites for hydroxylation is 1. The van der Waals surface area contributed by atoms with Gasteiger partial charge in [0.1, 0.15) is 5.82 Å². The van der Waals surface area contributed by atoms with Crippen molar-refractivity contribution in [3.63, 3.8) is 0 Å². The van der Waals surface area contributed by atoms with Crippen molar-refractivity contribution in [1.82, 2.24) is 4.98 Å². The quantitative estimate of drug-likeness (QED) is 0.701. The third-order valence-electron chi connectivity index (χ3n) is 2.23. The number of rotatable bonds is 2. The molecule has 88 valence electrons. The number of pyridine rings is 1. The molecular weight excluding hydrogens is 412 g/mol. The maximum absolute atomic E-state index is 4.31. The first-order valence-electron chi connectivity index (χ1n) is 4.90. The minimum Gasteiger partial charge on any atom is -0.339 e. The van der Waals surface area contributed by atoms with Crippen molar-refractivity contribution in [2.75, 3.05) is 5.32 Å². The van der Waals surface area contributed by atoms with Gasteiger partial charge < -0.3 is 5.32 Å². The summed E-state index contributed by atoms with van der Waals surface area (Å²) in [5.41, 5.74) is 2.20. The molecule has 17 heavy (non-hydrogen) atoms. The largest absolute Gasteiger partial charge is 0.339 e. The van der Waals surface area contributed by atoms with Crippen LogP contribution in [0.3, 0.4) is 0 Å². The van der Waals surface area contributed by atoms with E-state index in [4.69, 9.17) is 0 Å². The van der Waals surface area contributed by atoms with E-state index in [9.17, 15) is 0 Å². The van der Waals surface area contributed by atoms with Crippen LogP contribution >= 0.6 is 47.8 Å². The summed E-state index contributed by atoms with van der Waals surface area (Å²) in [5.74, 6) is 0.801. The van der Waals surface area contributed by atoms with Gasteiger partial charge in [0.15, 0.2) is 0 Å². The molecule has 0 aliphatic heterocycles. The molecule has 2 aromatic rings. The third kappa shape index (κ3) is 3.30. The molecular formula is C12H9Br3N2. The molecule has 0 unspecified atom stereocenters. The second-order valence-corrected chi connectivity index (χ2v) is 6.20. The van der Waals surface area contributed by atoms with Gasteiger partial charge in [-0.05, 0) is 68.6 Å². The SMILES string of the molecule is Cc1cc(Nc2ncc(Br)cc2Br)ccc1Br. The summed E-state index contributed by atoms with van der Waals surface area (Å²) in [4.78, 5) is 4.31. The topological polar surface area (TPSA) is 24.9 Å². The fraction of sp³-hybridized carbons (Fsp3) is 0.0833. The number of hydrogen-bond acceptors (Lipinski definition) is 2. The molecule has 2 nitrogen and oxygen atoms in total. The van der Waals surface area contributed by atoms with Crippen LogP contribution in [0.2, 0.25) is 0 Å². The van der Waals surface area contributed by atoms with Gasteiger partial charge in [0.2, 0.25) is 0 Å². The molecule has 0 spiro atoms. The van der Waals surface area contributed by atoms with Crippen LogP contribution in [0.4, 0.5) is 11.5 Å². The fourth-order valence-corrected chi connectivity index (χ4v) is 2.70. The first-order chi connectivity index (χ1) is 8.06. The Morgan fingerprint density at radius 2 is 1.82 bits per heavy atom. The van der Waals surface area contributed by atoms with Crippen LogP contribution in [0.1, 0.15) is 5.56 Å². The van der Waals surface area contributed by atoms with Gasteiger partial charge in [-0.2, -0.15) is 0 Å². The van der Waals surface area contributed by atoms with Crippen LogP contribution in [0.25, 0.3) is 0 Å². The Hall–Kier alpha value is -0.390. The van der Waals surface area contributed by atoms with Crippen molar-refractivity contribution in [3.8, 4) is 0 Å². The minimum absolute atomic E-state index is 0.801. The van der Waals surface area contributed by atoms with Crippen LogP contribution in [0.15, 0.2) is 43.9 Å². The molecule has 0 saturated carbocycles. The molecule has 1 N–H and O–H groups in total. The molecule has 0 saturated heterocycles. The van der Waals surface area contributed by atoms with Gasteiger partial charge in [-0.3, -0.25) is 0 Å². The summed E-state index contributed by atoms with van der Waals surface area (Å²) in [6.07, 6.45) is 1.76. The zero-order chi connectivity index (χ0) is 12.4. The van der Waals surface area contributed by atoms with Crippen LogP contribution < -0.4 is 5.32 Å². The predicted molar refractivity (Wildman–Crippen MR) is 81.8 cm³/mol. The first kappa shape index (κ1) is 13.1. The average Bonchev–Trinajstić information content (AvgIpc) is 2.27. The van der Waals surface area contributed by atoms with Crippen molar-refractivity contribution in [1.29, 1.82) is 0 Å². The second-order valence-electron chi connectivity index (χ2n) is 3.57. The number of hydrogen-bond donors (Lipinski definition) is 1. The number of anilines is 2. The van der Waals surface area contributed by atoms with E-state index in [1.807, 2.05) is 18.2 Å². The van der Waals surface area contributed by atoms with Crippen molar-refractivity contribution in [3.05, 3.63) is 49.4 Å². The lowest BCUT2D eigenvalue weighted by Gasteiger charge is -2.09. The van der Waals surface area contributed by atoms with Gasteiger partial charge >= 0.3 is 0 Å². The van der Waals surface area contributed by atoms with E-state index < -0.39 is 0 Å². The first-order valence-corrected chi connectivity index (χ1v) is 7.28. The summed E-state index contributed by atoms with van der Waals surface area (Å²) >= 11 is 10.3. The molecule has 0 bridgehead atoms. The van der Waals surface area contributed by atoms with Crippen molar-refractivity contribution >= 4 is 59.3 Å². The summed E-state index contributed by atoms with van der Waals surface area (Å²) in [5, 5.41) is 3.27. The summed E-state index contributed by atoms with van der Waals surface area (Å²) < 4.78 is 2.97. The molecule has 5 heteroatoms.